The number of thiol groups is 1. The molecule has 8 heteroatoms. The molecule has 2 saturated carbocycles. The number of hydrogen-bond donors (Lipinski definition) is 1. The second-order valence-corrected chi connectivity index (χ2v) is 9.93. The van der Waals surface area contributed by atoms with Gasteiger partial charge >= 0.3 is 5.97 Å². The van der Waals surface area contributed by atoms with Crippen molar-refractivity contribution in [2.45, 2.75) is 99.5 Å². The van der Waals surface area contributed by atoms with Gasteiger partial charge in [0.05, 0.1) is 6.42 Å². The molecule has 5 unspecified atom stereocenters. The molecule has 0 aliphatic heterocycles. The van der Waals surface area contributed by atoms with Gasteiger partial charge in [-0.15, -0.1) is 12.6 Å². The Kier molecular flexibility index (Phi) is 8.73. The highest BCUT2D eigenvalue weighted by molar-refractivity contribution is 7.80. The molecular formula is C25H32F5O2S. The number of ether oxygens (including phenoxy) is 1. The highest BCUT2D eigenvalue weighted by Crippen LogP contribution is 2.52. The molecule has 0 saturated heterocycles. The second-order valence-electron chi connectivity index (χ2n) is 9.42. The first-order valence-electron chi connectivity index (χ1n) is 11.8. The molecule has 3 rings (SSSR count). The van der Waals surface area contributed by atoms with Crippen LogP contribution in [0.2, 0.25) is 0 Å². The van der Waals surface area contributed by atoms with Gasteiger partial charge in [0, 0.05) is 4.90 Å². The van der Waals surface area contributed by atoms with E-state index in [1.54, 1.807) is 0 Å². The molecule has 5 atom stereocenters. The summed E-state index contributed by atoms with van der Waals surface area (Å²) < 4.78 is 80.6. The molecule has 2 nitrogen and oxygen atoms in total. The molecule has 0 aromatic heterocycles. The Balaban J connectivity index is 1.64. The van der Waals surface area contributed by atoms with Crippen molar-refractivity contribution in [2.24, 2.45) is 11.8 Å². The Bertz CT molecular complexity index is 786. The zero-order valence-electron chi connectivity index (χ0n) is 18.8. The molecule has 0 heterocycles. The first kappa shape index (κ1) is 26.3. The van der Waals surface area contributed by atoms with Gasteiger partial charge in [-0.05, 0) is 48.9 Å². The molecule has 33 heavy (non-hydrogen) atoms. The van der Waals surface area contributed by atoms with Gasteiger partial charge in [-0.3, -0.25) is 0 Å². The van der Waals surface area contributed by atoms with Crippen molar-refractivity contribution >= 4 is 18.6 Å². The number of unbranched alkanes of at least 4 members (excludes halogenated alkanes) is 3. The molecule has 0 amide bonds. The van der Waals surface area contributed by atoms with Crippen molar-refractivity contribution in [3.63, 3.8) is 0 Å². The third-order valence-electron chi connectivity index (χ3n) is 7.19. The summed E-state index contributed by atoms with van der Waals surface area (Å²) in [6.45, 7) is 2.12. The van der Waals surface area contributed by atoms with Crippen LogP contribution in [0.15, 0.2) is 29.2 Å². The summed E-state index contributed by atoms with van der Waals surface area (Å²) in [4.78, 5) is 12.8. The number of esters is 1. The van der Waals surface area contributed by atoms with Crippen LogP contribution < -0.4 is 4.74 Å². The standard InChI is InChI=1S/C25H32F5O2S/c1-2-3-4-5-6-16-7-9-17(10-8-16)25(30)20(26)15-24(29,21(27)22(25)28)23(31)32-18-11-13-19(33)14-12-18/h11-17,20-22,33H,2-10H2,1H3/t16-,17-,20?,21?,22?,24?,25?. The number of carbonyl (C=O) groups is 1. The molecule has 0 bridgehead atoms. The van der Waals surface area contributed by atoms with E-state index in [9.17, 15) is 13.6 Å². The highest BCUT2D eigenvalue weighted by atomic mass is 32.1. The van der Waals surface area contributed by atoms with E-state index in [4.69, 9.17) is 4.74 Å². The normalized spacial score (nSPS) is 37.0. The van der Waals surface area contributed by atoms with E-state index < -0.39 is 41.7 Å². The number of carbonyl (C=O) groups excluding carboxylic acids is 1. The number of halogens is 5. The van der Waals surface area contributed by atoms with Gasteiger partial charge in [-0.2, -0.15) is 0 Å². The largest absolute Gasteiger partial charge is 0.424 e. The van der Waals surface area contributed by atoms with Gasteiger partial charge < -0.3 is 4.74 Å². The molecule has 0 N–H and O–H groups in total. The molecule has 1 radical (unpaired) electrons. The lowest BCUT2D eigenvalue weighted by atomic mass is 9.63. The quantitative estimate of drug-likeness (QED) is 0.136. The van der Waals surface area contributed by atoms with Crippen molar-refractivity contribution in [2.75, 3.05) is 0 Å². The van der Waals surface area contributed by atoms with E-state index in [1.807, 2.05) is 0 Å². The average molecular weight is 492 g/mol. The van der Waals surface area contributed by atoms with Gasteiger partial charge in [0.15, 0.2) is 18.0 Å². The summed E-state index contributed by atoms with van der Waals surface area (Å²) in [5, 5.41) is 0. The van der Waals surface area contributed by atoms with Crippen molar-refractivity contribution in [1.82, 2.24) is 0 Å². The zero-order chi connectivity index (χ0) is 24.2. The summed E-state index contributed by atoms with van der Waals surface area (Å²) in [5.74, 6) is -2.68. The van der Waals surface area contributed by atoms with E-state index in [0.29, 0.717) is 23.7 Å². The number of alkyl halides is 5. The van der Waals surface area contributed by atoms with Crippen molar-refractivity contribution < 1.29 is 31.5 Å². The summed E-state index contributed by atoms with van der Waals surface area (Å²) >= 11 is 4.06. The van der Waals surface area contributed by atoms with Crippen LogP contribution in [-0.2, 0) is 4.79 Å². The van der Waals surface area contributed by atoms with Gasteiger partial charge in [0.1, 0.15) is 11.9 Å². The minimum atomic E-state index is -3.73. The lowest BCUT2D eigenvalue weighted by molar-refractivity contribution is -0.177. The number of hydrogen-bond acceptors (Lipinski definition) is 3. The van der Waals surface area contributed by atoms with Crippen LogP contribution in [0.3, 0.4) is 0 Å². The van der Waals surface area contributed by atoms with Crippen LogP contribution in [0.4, 0.5) is 22.0 Å². The van der Waals surface area contributed by atoms with Crippen molar-refractivity contribution in [3.8, 4) is 5.75 Å². The fraction of sp³-hybridized carbons (Fsp3) is 0.680. The van der Waals surface area contributed by atoms with Crippen molar-refractivity contribution in [1.29, 1.82) is 0 Å². The van der Waals surface area contributed by atoms with Gasteiger partial charge in [0.2, 0.25) is 5.67 Å². The van der Waals surface area contributed by atoms with Crippen molar-refractivity contribution in [3.05, 3.63) is 30.7 Å². The van der Waals surface area contributed by atoms with Crippen LogP contribution in [0.25, 0.3) is 0 Å². The molecular weight excluding hydrogens is 459 g/mol. The van der Waals surface area contributed by atoms with Crippen LogP contribution in [-0.4, -0.2) is 35.8 Å². The topological polar surface area (TPSA) is 26.3 Å². The fourth-order valence-electron chi connectivity index (χ4n) is 5.11. The van der Waals surface area contributed by atoms with Crippen LogP contribution in [0.1, 0.15) is 64.7 Å². The number of benzene rings is 1. The van der Waals surface area contributed by atoms with Gasteiger partial charge in [0.25, 0.3) is 0 Å². The maximum Gasteiger partial charge on any atom is 0.352 e. The lowest BCUT2D eigenvalue weighted by Gasteiger charge is -2.48. The van der Waals surface area contributed by atoms with Gasteiger partial charge in [-0.1, -0.05) is 51.9 Å². The maximum absolute atomic E-state index is 15.7. The van der Waals surface area contributed by atoms with E-state index in [1.165, 1.54) is 24.3 Å². The Morgan fingerprint density at radius 1 is 1.00 bits per heavy atom. The Morgan fingerprint density at radius 2 is 1.64 bits per heavy atom. The molecule has 185 valence electrons. The number of rotatable bonds is 8. The Labute approximate surface area is 198 Å². The average Bonchev–Trinajstić information content (AvgIpc) is 2.81. The minimum absolute atomic E-state index is 0.0138. The predicted molar refractivity (Wildman–Crippen MR) is 120 cm³/mol. The summed E-state index contributed by atoms with van der Waals surface area (Å²) in [6.07, 6.45) is -2.05. The summed E-state index contributed by atoms with van der Waals surface area (Å²) in [6, 6.07) is 5.44. The fourth-order valence-corrected chi connectivity index (χ4v) is 5.25. The monoisotopic (exact) mass is 491 g/mol. The smallest absolute Gasteiger partial charge is 0.352 e. The third-order valence-corrected chi connectivity index (χ3v) is 7.49. The molecule has 0 spiro atoms. The molecule has 1 aromatic carbocycles. The minimum Gasteiger partial charge on any atom is -0.424 e. The Morgan fingerprint density at radius 3 is 2.24 bits per heavy atom. The van der Waals surface area contributed by atoms with Gasteiger partial charge in [-0.25, -0.2) is 26.7 Å². The first-order chi connectivity index (χ1) is 15.6. The van der Waals surface area contributed by atoms with E-state index >= 15 is 13.2 Å². The Hall–Kier alpha value is -1.31. The third kappa shape index (κ3) is 5.51. The maximum atomic E-state index is 15.7. The zero-order valence-corrected chi connectivity index (χ0v) is 19.7. The molecule has 1 aromatic rings. The molecule has 2 fully saturated rings. The van der Waals surface area contributed by atoms with Crippen LogP contribution in [0, 0.1) is 18.3 Å². The molecule has 2 aliphatic carbocycles. The summed E-state index contributed by atoms with van der Waals surface area (Å²) in [7, 11) is 0. The molecule has 2 aliphatic rings. The van der Waals surface area contributed by atoms with E-state index in [-0.39, 0.29) is 25.0 Å². The predicted octanol–water partition coefficient (Wildman–Crippen LogP) is 7.31. The summed E-state index contributed by atoms with van der Waals surface area (Å²) in [5.41, 5.74) is -6.94. The second kappa shape index (κ2) is 11.0. The van der Waals surface area contributed by atoms with E-state index in [2.05, 4.69) is 19.6 Å². The van der Waals surface area contributed by atoms with Crippen LogP contribution in [0.5, 0.6) is 5.75 Å². The SMILES string of the molecule is CCCCCC[C@H]1CC[C@H](C2(F)C(F)[CH]C(F)(C(=O)Oc3ccc(S)cc3)C(F)C2F)CC1. The lowest BCUT2D eigenvalue weighted by Crippen LogP contribution is -2.68. The highest BCUT2D eigenvalue weighted by Gasteiger charge is 2.70. The van der Waals surface area contributed by atoms with Crippen LogP contribution >= 0.6 is 12.6 Å². The first-order valence-corrected chi connectivity index (χ1v) is 12.2. The van der Waals surface area contributed by atoms with E-state index in [0.717, 1.165) is 32.1 Å².